The smallest absolute Gasteiger partial charge is 0.0702 e. The number of hydrogen-bond acceptors (Lipinski definition) is 2. The molecule has 16 heavy (non-hydrogen) atoms. The molecule has 0 radical (unpaired) electrons. The fourth-order valence-corrected chi connectivity index (χ4v) is 1.83. The molecular weight excluding hydrogens is 222 g/mol. The van der Waals surface area contributed by atoms with E-state index in [1.165, 1.54) is 0 Å². The number of halogens is 1. The highest BCUT2D eigenvalue weighted by Gasteiger charge is 2.16. The van der Waals surface area contributed by atoms with Crippen molar-refractivity contribution in [1.29, 1.82) is 0 Å². The van der Waals surface area contributed by atoms with E-state index in [1.54, 1.807) is 0 Å². The van der Waals surface area contributed by atoms with E-state index >= 15 is 0 Å². The molecule has 1 unspecified atom stereocenters. The van der Waals surface area contributed by atoms with Gasteiger partial charge in [-0.05, 0) is 25.0 Å². The van der Waals surface area contributed by atoms with Gasteiger partial charge in [0.05, 0.1) is 6.61 Å². The molecule has 1 N–H and O–H groups in total. The van der Waals surface area contributed by atoms with E-state index in [-0.39, 0.29) is 6.61 Å². The highest BCUT2D eigenvalue weighted by atomic mass is 35.5. The van der Waals surface area contributed by atoms with Crippen LogP contribution in [0.4, 0.5) is 5.69 Å². The van der Waals surface area contributed by atoms with Crippen LogP contribution in [-0.2, 0) is 6.61 Å². The van der Waals surface area contributed by atoms with E-state index in [1.807, 2.05) is 25.2 Å². The molecule has 0 spiro atoms. The summed E-state index contributed by atoms with van der Waals surface area (Å²) < 4.78 is 0. The summed E-state index contributed by atoms with van der Waals surface area (Å²) in [4.78, 5) is 2.17. The molecule has 0 aliphatic heterocycles. The van der Waals surface area contributed by atoms with Gasteiger partial charge in [0, 0.05) is 29.4 Å². The molecule has 90 valence electrons. The zero-order valence-corrected chi connectivity index (χ0v) is 11.1. The molecule has 0 fully saturated rings. The standard InChI is InChI=1S/C13H20ClNO/c1-9(2)10(3)15(4)13-7-12(14)6-5-11(13)8-16/h5-7,9-10,16H,8H2,1-4H3. The molecule has 1 aromatic carbocycles. The Morgan fingerprint density at radius 1 is 1.31 bits per heavy atom. The van der Waals surface area contributed by atoms with Crippen LogP contribution >= 0.6 is 11.6 Å². The third-order valence-corrected chi connectivity index (χ3v) is 3.41. The summed E-state index contributed by atoms with van der Waals surface area (Å²) >= 11 is 5.99. The lowest BCUT2D eigenvalue weighted by atomic mass is 10.0. The van der Waals surface area contributed by atoms with Crippen LogP contribution in [0, 0.1) is 5.92 Å². The van der Waals surface area contributed by atoms with E-state index < -0.39 is 0 Å². The first-order valence-corrected chi connectivity index (χ1v) is 5.97. The first-order chi connectivity index (χ1) is 7.47. The minimum Gasteiger partial charge on any atom is -0.392 e. The second-order valence-electron chi connectivity index (χ2n) is 4.53. The third-order valence-electron chi connectivity index (χ3n) is 3.17. The second kappa shape index (κ2) is 5.55. The zero-order valence-electron chi connectivity index (χ0n) is 10.4. The molecule has 1 rings (SSSR count). The van der Waals surface area contributed by atoms with Crippen LogP contribution in [0.2, 0.25) is 5.02 Å². The average Bonchev–Trinajstić information content (AvgIpc) is 2.26. The normalized spacial score (nSPS) is 12.9. The van der Waals surface area contributed by atoms with E-state index in [2.05, 4.69) is 25.7 Å². The lowest BCUT2D eigenvalue weighted by molar-refractivity contribution is 0.281. The summed E-state index contributed by atoms with van der Waals surface area (Å²) in [5.41, 5.74) is 1.93. The Hall–Kier alpha value is -0.730. The predicted molar refractivity (Wildman–Crippen MR) is 70.1 cm³/mol. The number of nitrogens with zero attached hydrogens (tertiary/aromatic N) is 1. The Morgan fingerprint density at radius 3 is 2.44 bits per heavy atom. The number of rotatable bonds is 4. The highest BCUT2D eigenvalue weighted by molar-refractivity contribution is 6.30. The molecule has 0 heterocycles. The lowest BCUT2D eigenvalue weighted by Gasteiger charge is -2.31. The minimum atomic E-state index is 0.0433. The van der Waals surface area contributed by atoms with Gasteiger partial charge in [0.1, 0.15) is 0 Å². The summed E-state index contributed by atoms with van der Waals surface area (Å²) in [6, 6.07) is 6.00. The second-order valence-corrected chi connectivity index (χ2v) is 4.96. The Bertz CT molecular complexity index is 352. The van der Waals surface area contributed by atoms with Crippen molar-refractivity contribution in [3.05, 3.63) is 28.8 Å². The maximum absolute atomic E-state index is 9.31. The van der Waals surface area contributed by atoms with Crippen molar-refractivity contribution in [2.75, 3.05) is 11.9 Å². The van der Waals surface area contributed by atoms with E-state index in [0.29, 0.717) is 17.0 Å². The lowest BCUT2D eigenvalue weighted by Crippen LogP contribution is -2.33. The summed E-state index contributed by atoms with van der Waals surface area (Å²) in [6.07, 6.45) is 0. The summed E-state index contributed by atoms with van der Waals surface area (Å²) in [7, 11) is 2.04. The molecule has 1 atom stereocenters. The number of aliphatic hydroxyl groups is 1. The Morgan fingerprint density at radius 2 is 1.94 bits per heavy atom. The van der Waals surface area contributed by atoms with Gasteiger partial charge >= 0.3 is 0 Å². The van der Waals surface area contributed by atoms with Crippen molar-refractivity contribution in [3.8, 4) is 0 Å². The van der Waals surface area contributed by atoms with Crippen LogP contribution in [0.1, 0.15) is 26.3 Å². The van der Waals surface area contributed by atoms with Crippen molar-refractivity contribution in [2.45, 2.75) is 33.4 Å². The fourth-order valence-electron chi connectivity index (χ4n) is 1.67. The van der Waals surface area contributed by atoms with E-state index in [0.717, 1.165) is 11.3 Å². The summed E-state index contributed by atoms with van der Waals surface area (Å²) in [5.74, 6) is 0.551. The van der Waals surface area contributed by atoms with Crippen LogP contribution in [0.5, 0.6) is 0 Å². The first kappa shape index (κ1) is 13.3. The molecule has 1 aromatic rings. The van der Waals surface area contributed by atoms with Gasteiger partial charge in [-0.2, -0.15) is 0 Å². The topological polar surface area (TPSA) is 23.5 Å². The van der Waals surface area contributed by atoms with Crippen LogP contribution in [-0.4, -0.2) is 18.2 Å². The van der Waals surface area contributed by atoms with Crippen LogP contribution in [0.15, 0.2) is 18.2 Å². The Kier molecular flexibility index (Phi) is 4.63. The maximum atomic E-state index is 9.31. The van der Waals surface area contributed by atoms with E-state index in [9.17, 15) is 5.11 Å². The van der Waals surface area contributed by atoms with E-state index in [4.69, 9.17) is 11.6 Å². The number of benzene rings is 1. The molecule has 0 amide bonds. The van der Waals surface area contributed by atoms with Crippen molar-refractivity contribution in [2.24, 2.45) is 5.92 Å². The number of anilines is 1. The minimum absolute atomic E-state index is 0.0433. The molecule has 0 aliphatic carbocycles. The summed E-state index contributed by atoms with van der Waals surface area (Å²) in [5, 5.41) is 10.0. The zero-order chi connectivity index (χ0) is 12.3. The van der Waals surface area contributed by atoms with Gasteiger partial charge < -0.3 is 10.0 Å². The maximum Gasteiger partial charge on any atom is 0.0702 e. The van der Waals surface area contributed by atoms with Gasteiger partial charge in [-0.25, -0.2) is 0 Å². The monoisotopic (exact) mass is 241 g/mol. The molecule has 0 aliphatic rings. The Balaban J connectivity index is 3.05. The first-order valence-electron chi connectivity index (χ1n) is 5.59. The molecule has 0 bridgehead atoms. The van der Waals surface area contributed by atoms with Gasteiger partial charge in [-0.3, -0.25) is 0 Å². The third kappa shape index (κ3) is 2.89. The van der Waals surface area contributed by atoms with Crippen molar-refractivity contribution in [3.63, 3.8) is 0 Å². The van der Waals surface area contributed by atoms with Gasteiger partial charge in [-0.15, -0.1) is 0 Å². The van der Waals surface area contributed by atoms with Gasteiger partial charge in [-0.1, -0.05) is 31.5 Å². The van der Waals surface area contributed by atoms with Crippen LogP contribution < -0.4 is 4.90 Å². The summed E-state index contributed by atoms with van der Waals surface area (Å²) in [6.45, 7) is 6.59. The average molecular weight is 242 g/mol. The number of hydrogen-bond donors (Lipinski definition) is 1. The highest BCUT2D eigenvalue weighted by Crippen LogP contribution is 2.27. The number of aliphatic hydroxyl groups excluding tert-OH is 1. The molecule has 0 saturated carbocycles. The Labute approximate surface area is 103 Å². The van der Waals surface area contributed by atoms with Crippen molar-refractivity contribution in [1.82, 2.24) is 0 Å². The molecule has 0 saturated heterocycles. The fraction of sp³-hybridized carbons (Fsp3) is 0.538. The predicted octanol–water partition coefficient (Wildman–Crippen LogP) is 3.31. The molecule has 0 aromatic heterocycles. The van der Waals surface area contributed by atoms with Crippen molar-refractivity contribution >= 4 is 17.3 Å². The van der Waals surface area contributed by atoms with Crippen LogP contribution in [0.3, 0.4) is 0 Å². The van der Waals surface area contributed by atoms with Gasteiger partial charge in [0.2, 0.25) is 0 Å². The molecule has 2 nitrogen and oxygen atoms in total. The van der Waals surface area contributed by atoms with Gasteiger partial charge in [0.25, 0.3) is 0 Å². The SMILES string of the molecule is CC(C)C(C)N(C)c1cc(Cl)ccc1CO. The van der Waals surface area contributed by atoms with Crippen LogP contribution in [0.25, 0.3) is 0 Å². The van der Waals surface area contributed by atoms with Gasteiger partial charge in [0.15, 0.2) is 0 Å². The quantitative estimate of drug-likeness (QED) is 0.874. The molecule has 3 heteroatoms. The molecular formula is C13H20ClNO. The van der Waals surface area contributed by atoms with Crippen molar-refractivity contribution < 1.29 is 5.11 Å². The largest absolute Gasteiger partial charge is 0.392 e.